The third-order valence-electron chi connectivity index (χ3n) is 3.25. The van der Waals surface area contributed by atoms with Crippen LogP contribution < -0.4 is 10.9 Å². The van der Waals surface area contributed by atoms with Crippen LogP contribution in [0.3, 0.4) is 0 Å². The molecule has 5 nitrogen and oxygen atoms in total. The molecule has 1 N–H and O–H groups in total. The summed E-state index contributed by atoms with van der Waals surface area (Å²) in [6.07, 6.45) is 1.02. The number of rotatable bonds is 4. The van der Waals surface area contributed by atoms with Crippen molar-refractivity contribution in [3.63, 3.8) is 0 Å². The van der Waals surface area contributed by atoms with Gasteiger partial charge in [-0.1, -0.05) is 39.0 Å². The van der Waals surface area contributed by atoms with Crippen molar-refractivity contribution in [2.24, 2.45) is 7.05 Å². The van der Waals surface area contributed by atoms with Crippen molar-refractivity contribution in [2.75, 3.05) is 11.9 Å². The molecule has 2 aromatic rings. The van der Waals surface area contributed by atoms with Crippen molar-refractivity contribution in [2.45, 2.75) is 39.5 Å². The molecule has 0 atom stereocenters. The second kappa shape index (κ2) is 5.97. The highest BCUT2D eigenvalue weighted by atomic mass is 32.1. The number of anilines is 1. The molecule has 0 saturated heterocycles. The van der Waals surface area contributed by atoms with Crippen LogP contribution in [0.25, 0.3) is 10.6 Å². The van der Waals surface area contributed by atoms with E-state index >= 15 is 0 Å². The molecule has 0 saturated carbocycles. The van der Waals surface area contributed by atoms with Crippen LogP contribution in [0.1, 0.15) is 39.8 Å². The Morgan fingerprint density at radius 2 is 2.00 bits per heavy atom. The lowest BCUT2D eigenvalue weighted by atomic mass is 9.91. The van der Waals surface area contributed by atoms with Crippen molar-refractivity contribution < 1.29 is 0 Å². The molecule has 0 fully saturated rings. The summed E-state index contributed by atoms with van der Waals surface area (Å²) in [5, 5.41) is 12.8. The first-order valence-electron chi connectivity index (χ1n) is 7.13. The van der Waals surface area contributed by atoms with Gasteiger partial charge in [-0.2, -0.15) is 0 Å². The Kier molecular flexibility index (Phi) is 4.46. The fourth-order valence-corrected chi connectivity index (χ4v) is 2.97. The summed E-state index contributed by atoms with van der Waals surface area (Å²) >= 11 is 1.42. The topological polar surface area (TPSA) is 59.8 Å². The number of pyridine rings is 1. The van der Waals surface area contributed by atoms with Gasteiger partial charge >= 0.3 is 0 Å². The summed E-state index contributed by atoms with van der Waals surface area (Å²) in [4.78, 5) is 12.5. The molecule has 0 unspecified atom stereocenters. The maximum atomic E-state index is 12.5. The van der Waals surface area contributed by atoms with E-state index in [2.05, 4.69) is 43.2 Å². The minimum atomic E-state index is -0.0680. The van der Waals surface area contributed by atoms with Crippen molar-refractivity contribution in [1.29, 1.82) is 0 Å². The van der Waals surface area contributed by atoms with Gasteiger partial charge in [0.15, 0.2) is 5.01 Å². The monoisotopic (exact) mass is 306 g/mol. The lowest BCUT2D eigenvalue weighted by molar-refractivity contribution is 0.531. The van der Waals surface area contributed by atoms with Crippen molar-refractivity contribution in [3.8, 4) is 10.6 Å². The second-order valence-electron chi connectivity index (χ2n) is 6.09. The zero-order chi connectivity index (χ0) is 15.6. The van der Waals surface area contributed by atoms with Gasteiger partial charge in [0.25, 0.3) is 5.56 Å². The minimum Gasteiger partial charge on any atom is -0.360 e. The SMILES string of the molecule is CCCNc1nnc(-c2ccc(C(C)(C)C)n(C)c2=O)s1. The predicted molar refractivity (Wildman–Crippen MR) is 88.1 cm³/mol. The van der Waals surface area contributed by atoms with E-state index in [9.17, 15) is 4.79 Å². The lowest BCUT2D eigenvalue weighted by Crippen LogP contribution is -2.28. The Morgan fingerprint density at radius 3 is 2.62 bits per heavy atom. The number of aromatic nitrogens is 3. The Morgan fingerprint density at radius 1 is 1.29 bits per heavy atom. The number of hydrogen-bond acceptors (Lipinski definition) is 5. The van der Waals surface area contributed by atoms with E-state index < -0.39 is 0 Å². The highest BCUT2D eigenvalue weighted by Crippen LogP contribution is 2.26. The average Bonchev–Trinajstić information content (AvgIpc) is 2.86. The summed E-state index contributed by atoms with van der Waals surface area (Å²) in [5.74, 6) is 0. The van der Waals surface area contributed by atoms with Gasteiger partial charge in [0.2, 0.25) is 5.13 Å². The molecule has 21 heavy (non-hydrogen) atoms. The summed E-state index contributed by atoms with van der Waals surface area (Å²) < 4.78 is 1.70. The molecule has 0 aliphatic rings. The molecule has 0 aromatic carbocycles. The van der Waals surface area contributed by atoms with Gasteiger partial charge in [-0.15, -0.1) is 10.2 Å². The van der Waals surface area contributed by atoms with Gasteiger partial charge < -0.3 is 9.88 Å². The fourth-order valence-electron chi connectivity index (χ4n) is 2.19. The highest BCUT2D eigenvalue weighted by Gasteiger charge is 2.20. The lowest BCUT2D eigenvalue weighted by Gasteiger charge is -2.22. The maximum Gasteiger partial charge on any atom is 0.260 e. The molecule has 0 aliphatic heterocycles. The average molecular weight is 306 g/mol. The number of nitrogens with one attached hydrogen (secondary N) is 1. The molecule has 0 amide bonds. The van der Waals surface area contributed by atoms with Crippen LogP contribution in [0, 0.1) is 0 Å². The Labute approximate surface area is 129 Å². The summed E-state index contributed by atoms with van der Waals surface area (Å²) in [5.41, 5.74) is 1.51. The molecular weight excluding hydrogens is 284 g/mol. The van der Waals surface area contributed by atoms with E-state index in [1.807, 2.05) is 19.2 Å². The molecule has 2 heterocycles. The quantitative estimate of drug-likeness (QED) is 0.943. The van der Waals surface area contributed by atoms with E-state index in [1.54, 1.807) is 4.57 Å². The van der Waals surface area contributed by atoms with Crippen molar-refractivity contribution >= 4 is 16.5 Å². The third-order valence-corrected chi connectivity index (χ3v) is 4.17. The van der Waals surface area contributed by atoms with Gasteiger partial charge in [0.05, 0.1) is 5.56 Å². The fraction of sp³-hybridized carbons (Fsp3) is 0.533. The molecule has 114 valence electrons. The van der Waals surface area contributed by atoms with E-state index in [0.717, 1.165) is 23.8 Å². The second-order valence-corrected chi connectivity index (χ2v) is 7.06. The maximum absolute atomic E-state index is 12.5. The van der Waals surface area contributed by atoms with Crippen LogP contribution in [0.2, 0.25) is 0 Å². The standard InChI is InChI=1S/C15H22N4OS/c1-6-9-16-14-18-17-12(21-14)10-7-8-11(15(2,3)4)19(5)13(10)20/h7-8H,6,9H2,1-5H3,(H,16,18). The summed E-state index contributed by atoms with van der Waals surface area (Å²) in [6, 6.07) is 3.85. The third kappa shape index (κ3) is 3.32. The first-order valence-corrected chi connectivity index (χ1v) is 7.94. The van der Waals surface area contributed by atoms with Crippen molar-refractivity contribution in [3.05, 3.63) is 28.2 Å². The zero-order valence-corrected chi connectivity index (χ0v) is 14.0. The molecule has 0 spiro atoms. The normalized spacial score (nSPS) is 11.7. The first-order chi connectivity index (χ1) is 9.84. The van der Waals surface area contributed by atoms with Crippen molar-refractivity contribution in [1.82, 2.24) is 14.8 Å². The van der Waals surface area contributed by atoms with Gasteiger partial charge in [0.1, 0.15) is 0 Å². The minimum absolute atomic E-state index is 0.0272. The number of nitrogens with zero attached hydrogens (tertiary/aromatic N) is 3. The molecule has 2 aromatic heterocycles. The largest absolute Gasteiger partial charge is 0.360 e. The smallest absolute Gasteiger partial charge is 0.260 e. The summed E-state index contributed by atoms with van der Waals surface area (Å²) in [6.45, 7) is 9.24. The molecule has 6 heteroatoms. The summed E-state index contributed by atoms with van der Waals surface area (Å²) in [7, 11) is 1.81. The Balaban J connectivity index is 2.40. The van der Waals surface area contributed by atoms with E-state index in [1.165, 1.54) is 11.3 Å². The van der Waals surface area contributed by atoms with Crippen LogP contribution in [-0.4, -0.2) is 21.3 Å². The van der Waals surface area contributed by atoms with Gasteiger partial charge in [0, 0.05) is 24.7 Å². The molecule has 0 bridgehead atoms. The van der Waals surface area contributed by atoms with Crippen LogP contribution in [0.4, 0.5) is 5.13 Å². The van der Waals surface area contributed by atoms with E-state index in [4.69, 9.17) is 0 Å². The van der Waals surface area contributed by atoms with Crippen LogP contribution in [-0.2, 0) is 12.5 Å². The van der Waals surface area contributed by atoms with Crippen LogP contribution >= 0.6 is 11.3 Å². The van der Waals surface area contributed by atoms with E-state index in [-0.39, 0.29) is 11.0 Å². The molecular formula is C15H22N4OS. The first kappa shape index (κ1) is 15.7. The number of hydrogen-bond donors (Lipinski definition) is 1. The molecule has 2 rings (SSSR count). The highest BCUT2D eigenvalue weighted by molar-refractivity contribution is 7.18. The molecule has 0 radical (unpaired) electrons. The van der Waals surface area contributed by atoms with Gasteiger partial charge in [-0.25, -0.2) is 0 Å². The predicted octanol–water partition coefficient (Wildman–Crippen LogP) is 3.02. The van der Waals surface area contributed by atoms with Crippen LogP contribution in [0.5, 0.6) is 0 Å². The van der Waals surface area contributed by atoms with E-state index in [0.29, 0.717) is 10.6 Å². The zero-order valence-electron chi connectivity index (χ0n) is 13.2. The van der Waals surface area contributed by atoms with Gasteiger partial charge in [-0.3, -0.25) is 4.79 Å². The molecule has 0 aliphatic carbocycles. The Hall–Kier alpha value is -1.69. The van der Waals surface area contributed by atoms with Crippen LogP contribution in [0.15, 0.2) is 16.9 Å². The Bertz CT molecular complexity index is 682. The van der Waals surface area contributed by atoms with Gasteiger partial charge in [-0.05, 0) is 18.6 Å².